The Hall–Kier alpha value is -1.69. The summed E-state index contributed by atoms with van der Waals surface area (Å²) < 4.78 is 0. The van der Waals surface area contributed by atoms with Gasteiger partial charge in [-0.2, -0.15) is 11.8 Å². The summed E-state index contributed by atoms with van der Waals surface area (Å²) in [5.41, 5.74) is 2.10. The highest BCUT2D eigenvalue weighted by atomic mass is 32.2. The molecule has 126 valence electrons. The third-order valence-corrected chi connectivity index (χ3v) is 4.67. The SMILES string of the molecule is CSCc1ccc(NC(=O)C2CCN(C(=O)N(C)C)CC2)cc1. The molecule has 1 aliphatic rings. The maximum Gasteiger partial charge on any atom is 0.319 e. The molecule has 0 aliphatic carbocycles. The van der Waals surface area contributed by atoms with Gasteiger partial charge in [-0.3, -0.25) is 4.79 Å². The van der Waals surface area contributed by atoms with Crippen LogP contribution in [-0.2, 0) is 10.5 Å². The Balaban J connectivity index is 1.84. The molecule has 3 amide bonds. The molecule has 1 aromatic rings. The van der Waals surface area contributed by atoms with Gasteiger partial charge in [-0.25, -0.2) is 4.79 Å². The fourth-order valence-corrected chi connectivity index (χ4v) is 3.24. The number of rotatable bonds is 4. The fourth-order valence-electron chi connectivity index (χ4n) is 2.71. The van der Waals surface area contributed by atoms with Gasteiger partial charge < -0.3 is 15.1 Å². The monoisotopic (exact) mass is 335 g/mol. The van der Waals surface area contributed by atoms with Crippen LogP contribution in [0.1, 0.15) is 18.4 Å². The first kappa shape index (κ1) is 17.7. The highest BCUT2D eigenvalue weighted by Crippen LogP contribution is 2.21. The Morgan fingerprint density at radius 2 is 1.83 bits per heavy atom. The van der Waals surface area contributed by atoms with Gasteiger partial charge in [0, 0.05) is 44.5 Å². The summed E-state index contributed by atoms with van der Waals surface area (Å²) in [5, 5.41) is 2.99. The molecule has 6 heteroatoms. The minimum atomic E-state index is -0.0212. The standard InChI is InChI=1S/C17H25N3O2S/c1-19(2)17(22)20-10-8-14(9-11-20)16(21)18-15-6-4-13(5-7-15)12-23-3/h4-7,14H,8-12H2,1-3H3,(H,18,21). The molecule has 0 bridgehead atoms. The Morgan fingerprint density at radius 3 is 2.35 bits per heavy atom. The van der Waals surface area contributed by atoms with Crippen LogP contribution in [0.5, 0.6) is 0 Å². The molecule has 1 heterocycles. The van der Waals surface area contributed by atoms with Gasteiger partial charge in [0.05, 0.1) is 0 Å². The van der Waals surface area contributed by atoms with Crippen LogP contribution in [0.15, 0.2) is 24.3 Å². The van der Waals surface area contributed by atoms with Crippen molar-refractivity contribution in [3.8, 4) is 0 Å². The molecular formula is C17H25N3O2S. The number of anilines is 1. The average Bonchev–Trinajstić information content (AvgIpc) is 2.56. The predicted octanol–water partition coefficient (Wildman–Crippen LogP) is 2.88. The van der Waals surface area contributed by atoms with Gasteiger partial charge >= 0.3 is 6.03 Å². The molecule has 1 fully saturated rings. The van der Waals surface area contributed by atoms with Crippen molar-refractivity contribution >= 4 is 29.4 Å². The third-order valence-electron chi connectivity index (χ3n) is 4.05. The van der Waals surface area contributed by atoms with E-state index in [9.17, 15) is 9.59 Å². The van der Waals surface area contributed by atoms with Gasteiger partial charge in [0.1, 0.15) is 0 Å². The minimum absolute atomic E-state index is 0.0212. The number of amides is 3. The molecule has 1 aliphatic heterocycles. The Labute approximate surface area is 142 Å². The summed E-state index contributed by atoms with van der Waals surface area (Å²) in [4.78, 5) is 27.6. The second-order valence-electron chi connectivity index (χ2n) is 6.06. The number of nitrogens with one attached hydrogen (secondary N) is 1. The first-order chi connectivity index (χ1) is 11.0. The van der Waals surface area contributed by atoms with E-state index in [1.165, 1.54) is 5.56 Å². The molecule has 0 atom stereocenters. The van der Waals surface area contributed by atoms with Crippen molar-refractivity contribution in [2.75, 3.05) is 38.8 Å². The third kappa shape index (κ3) is 4.89. The molecule has 0 aromatic heterocycles. The van der Waals surface area contributed by atoms with Gasteiger partial charge in [0.25, 0.3) is 0 Å². The number of thioether (sulfide) groups is 1. The number of piperidine rings is 1. The van der Waals surface area contributed by atoms with Crippen LogP contribution in [0, 0.1) is 5.92 Å². The smallest absolute Gasteiger partial charge is 0.319 e. The van der Waals surface area contributed by atoms with E-state index in [2.05, 4.69) is 11.6 Å². The molecule has 23 heavy (non-hydrogen) atoms. The number of carbonyl (C=O) groups is 2. The van der Waals surface area contributed by atoms with Crippen LogP contribution in [0.4, 0.5) is 10.5 Å². The largest absolute Gasteiger partial charge is 0.331 e. The highest BCUT2D eigenvalue weighted by Gasteiger charge is 2.27. The number of hydrogen-bond acceptors (Lipinski definition) is 3. The Kier molecular flexibility index (Phi) is 6.33. The zero-order valence-electron chi connectivity index (χ0n) is 14.0. The molecule has 0 saturated carbocycles. The Bertz CT molecular complexity index is 537. The summed E-state index contributed by atoms with van der Waals surface area (Å²) in [6, 6.07) is 8.02. The van der Waals surface area contributed by atoms with Gasteiger partial charge in [0.2, 0.25) is 5.91 Å². The van der Waals surface area contributed by atoms with Crippen molar-refractivity contribution in [2.24, 2.45) is 5.92 Å². The number of nitrogens with zero attached hydrogens (tertiary/aromatic N) is 2. The van der Waals surface area contributed by atoms with Crippen LogP contribution in [-0.4, -0.2) is 55.2 Å². The summed E-state index contributed by atoms with van der Waals surface area (Å²) in [6.07, 6.45) is 3.51. The van der Waals surface area contributed by atoms with Crippen molar-refractivity contribution in [3.05, 3.63) is 29.8 Å². The Morgan fingerprint density at radius 1 is 1.22 bits per heavy atom. The number of benzene rings is 1. The molecule has 1 saturated heterocycles. The van der Waals surface area contributed by atoms with E-state index >= 15 is 0 Å². The second kappa shape index (κ2) is 8.24. The van der Waals surface area contributed by atoms with Crippen LogP contribution in [0.3, 0.4) is 0 Å². The number of carbonyl (C=O) groups excluding carboxylic acids is 2. The van der Waals surface area contributed by atoms with Gasteiger partial charge in [-0.1, -0.05) is 12.1 Å². The van der Waals surface area contributed by atoms with E-state index in [4.69, 9.17) is 0 Å². The zero-order chi connectivity index (χ0) is 16.8. The molecule has 1 aromatic carbocycles. The van der Waals surface area contributed by atoms with Gasteiger partial charge in [0.15, 0.2) is 0 Å². The topological polar surface area (TPSA) is 52.7 Å². The van der Waals surface area contributed by atoms with E-state index < -0.39 is 0 Å². The lowest BCUT2D eigenvalue weighted by atomic mass is 9.96. The van der Waals surface area contributed by atoms with Crippen LogP contribution in [0.2, 0.25) is 0 Å². The fraction of sp³-hybridized carbons (Fsp3) is 0.529. The van der Waals surface area contributed by atoms with Gasteiger partial charge in [-0.15, -0.1) is 0 Å². The van der Waals surface area contributed by atoms with Crippen molar-refractivity contribution < 1.29 is 9.59 Å². The van der Waals surface area contributed by atoms with E-state index in [1.54, 1.807) is 35.7 Å². The van der Waals surface area contributed by atoms with Gasteiger partial charge in [-0.05, 0) is 36.8 Å². The second-order valence-corrected chi connectivity index (χ2v) is 6.92. The molecule has 5 nitrogen and oxygen atoms in total. The van der Waals surface area contributed by atoms with Crippen LogP contribution < -0.4 is 5.32 Å². The molecular weight excluding hydrogens is 310 g/mol. The van der Waals surface area contributed by atoms with Crippen LogP contribution >= 0.6 is 11.8 Å². The summed E-state index contributed by atoms with van der Waals surface area (Å²) in [6.45, 7) is 1.28. The van der Waals surface area contributed by atoms with E-state index in [1.807, 2.05) is 24.3 Å². The van der Waals surface area contributed by atoms with Crippen molar-refractivity contribution in [1.82, 2.24) is 9.80 Å². The first-order valence-electron chi connectivity index (χ1n) is 7.86. The van der Waals surface area contributed by atoms with E-state index in [0.29, 0.717) is 13.1 Å². The maximum atomic E-state index is 12.4. The summed E-state index contributed by atoms with van der Waals surface area (Å²) in [7, 11) is 3.50. The first-order valence-corrected chi connectivity index (χ1v) is 9.25. The van der Waals surface area contributed by atoms with E-state index in [-0.39, 0.29) is 17.9 Å². The average molecular weight is 335 g/mol. The van der Waals surface area contributed by atoms with Crippen molar-refractivity contribution in [3.63, 3.8) is 0 Å². The van der Waals surface area contributed by atoms with Crippen LogP contribution in [0.25, 0.3) is 0 Å². The summed E-state index contributed by atoms with van der Waals surface area (Å²) >= 11 is 1.78. The number of hydrogen-bond donors (Lipinski definition) is 1. The zero-order valence-corrected chi connectivity index (χ0v) is 14.9. The van der Waals surface area contributed by atoms with Crippen molar-refractivity contribution in [1.29, 1.82) is 0 Å². The van der Waals surface area contributed by atoms with Crippen molar-refractivity contribution in [2.45, 2.75) is 18.6 Å². The molecule has 2 rings (SSSR count). The molecule has 1 N–H and O–H groups in total. The quantitative estimate of drug-likeness (QED) is 0.920. The van der Waals surface area contributed by atoms with E-state index in [0.717, 1.165) is 24.3 Å². The lowest BCUT2D eigenvalue weighted by Crippen LogP contribution is -2.45. The number of likely N-dealkylation sites (tertiary alicyclic amines) is 1. The molecule has 0 radical (unpaired) electrons. The maximum absolute atomic E-state index is 12.4. The summed E-state index contributed by atoms with van der Waals surface area (Å²) in [5.74, 6) is 1.01. The lowest BCUT2D eigenvalue weighted by Gasteiger charge is -2.33. The lowest BCUT2D eigenvalue weighted by molar-refractivity contribution is -0.121. The number of urea groups is 1. The minimum Gasteiger partial charge on any atom is -0.331 e. The highest BCUT2D eigenvalue weighted by molar-refractivity contribution is 7.97. The molecule has 0 unspecified atom stereocenters. The normalized spacial score (nSPS) is 15.3. The predicted molar refractivity (Wildman–Crippen MR) is 95.7 cm³/mol. The molecule has 0 spiro atoms.